The summed E-state index contributed by atoms with van der Waals surface area (Å²) in [5, 5.41) is 3.28. The molecule has 1 aromatic rings. The molecule has 0 aliphatic carbocycles. The van der Waals surface area contributed by atoms with Crippen molar-refractivity contribution in [2.75, 3.05) is 40.0 Å². The first kappa shape index (κ1) is 15.2. The van der Waals surface area contributed by atoms with Gasteiger partial charge >= 0.3 is 0 Å². The Labute approximate surface area is 114 Å². The molecule has 102 valence electrons. The van der Waals surface area contributed by atoms with E-state index >= 15 is 0 Å². The van der Waals surface area contributed by atoms with Crippen molar-refractivity contribution in [3.8, 4) is 5.75 Å². The van der Waals surface area contributed by atoms with Crippen molar-refractivity contribution < 1.29 is 9.13 Å². The monoisotopic (exact) mass is 274 g/mol. The van der Waals surface area contributed by atoms with Gasteiger partial charge in [-0.15, -0.1) is 12.4 Å². The van der Waals surface area contributed by atoms with Gasteiger partial charge in [-0.05, 0) is 17.7 Å². The molecule has 0 unspecified atom stereocenters. The Hall–Kier alpha value is -0.840. The number of nitrogens with zero attached hydrogens (tertiary/aromatic N) is 1. The van der Waals surface area contributed by atoms with Crippen LogP contribution in [0.1, 0.15) is 11.6 Å². The maximum absolute atomic E-state index is 13.3. The number of hydrogen-bond acceptors (Lipinski definition) is 3. The first-order chi connectivity index (χ1) is 8.35. The molecule has 1 heterocycles. The van der Waals surface area contributed by atoms with E-state index in [4.69, 9.17) is 4.74 Å². The summed E-state index contributed by atoms with van der Waals surface area (Å²) in [5.74, 6) is 0.788. The molecule has 0 saturated carbocycles. The van der Waals surface area contributed by atoms with E-state index in [1.54, 1.807) is 7.11 Å². The molecule has 0 spiro atoms. The van der Waals surface area contributed by atoms with E-state index in [2.05, 4.69) is 10.2 Å². The second-order valence-electron chi connectivity index (χ2n) is 4.23. The molecular weight excluding hydrogens is 255 g/mol. The zero-order chi connectivity index (χ0) is 12.1. The second-order valence-corrected chi connectivity index (χ2v) is 4.23. The smallest absolute Gasteiger partial charge is 0.119 e. The van der Waals surface area contributed by atoms with E-state index in [0.29, 0.717) is 0 Å². The maximum atomic E-state index is 13.3. The van der Waals surface area contributed by atoms with E-state index in [0.717, 1.165) is 37.5 Å². The van der Waals surface area contributed by atoms with Crippen molar-refractivity contribution in [3.05, 3.63) is 29.8 Å². The van der Waals surface area contributed by atoms with Gasteiger partial charge in [0, 0.05) is 26.2 Å². The van der Waals surface area contributed by atoms with Gasteiger partial charge in [0.2, 0.25) is 0 Å². The second kappa shape index (κ2) is 7.56. The van der Waals surface area contributed by atoms with E-state index < -0.39 is 0 Å². The fourth-order valence-electron chi connectivity index (χ4n) is 2.24. The topological polar surface area (TPSA) is 24.5 Å². The highest BCUT2D eigenvalue weighted by Gasteiger charge is 2.22. The average molecular weight is 275 g/mol. The summed E-state index contributed by atoms with van der Waals surface area (Å²) in [6.07, 6.45) is 0. The van der Waals surface area contributed by atoms with Crippen LogP contribution in [0.3, 0.4) is 0 Å². The summed E-state index contributed by atoms with van der Waals surface area (Å²) in [6.45, 7) is 3.30. The molecule has 0 amide bonds. The molecule has 0 aromatic heterocycles. The lowest BCUT2D eigenvalue weighted by Crippen LogP contribution is -2.45. The molecule has 2 rings (SSSR count). The van der Waals surface area contributed by atoms with Crippen LogP contribution in [0.2, 0.25) is 0 Å². The highest BCUT2D eigenvalue weighted by Crippen LogP contribution is 2.24. The Kier molecular flexibility index (Phi) is 6.39. The van der Waals surface area contributed by atoms with Crippen LogP contribution in [0.15, 0.2) is 24.3 Å². The molecule has 1 N–H and O–H groups in total. The molecule has 1 fully saturated rings. The molecule has 1 saturated heterocycles. The maximum Gasteiger partial charge on any atom is 0.119 e. The molecule has 1 atom stereocenters. The summed E-state index contributed by atoms with van der Waals surface area (Å²) < 4.78 is 18.4. The number of nitrogens with one attached hydrogen (secondary N) is 1. The quantitative estimate of drug-likeness (QED) is 0.909. The minimum atomic E-state index is -0.354. The number of piperazine rings is 1. The number of methoxy groups -OCH3 is 1. The fraction of sp³-hybridized carbons (Fsp3) is 0.538. The molecule has 1 aliphatic rings. The summed E-state index contributed by atoms with van der Waals surface area (Å²) in [7, 11) is 1.63. The fourth-order valence-corrected chi connectivity index (χ4v) is 2.24. The molecule has 0 bridgehead atoms. The van der Waals surface area contributed by atoms with Crippen LogP contribution < -0.4 is 10.1 Å². The number of rotatable bonds is 4. The predicted octanol–water partition coefficient (Wildman–Crippen LogP) is 2.03. The van der Waals surface area contributed by atoms with E-state index in [1.807, 2.05) is 24.3 Å². The van der Waals surface area contributed by atoms with E-state index in [1.165, 1.54) is 0 Å². The van der Waals surface area contributed by atoms with Gasteiger partial charge in [0.25, 0.3) is 0 Å². The standard InChI is InChI=1S/C13H19FN2O.ClH/c1-17-12-4-2-3-11(9-12)13(10-14)16-7-5-15-6-8-16;/h2-4,9,13,15H,5-8,10H2,1H3;1H/t13-;/m0./s1. The van der Waals surface area contributed by atoms with Gasteiger partial charge < -0.3 is 10.1 Å². The first-order valence-corrected chi connectivity index (χ1v) is 6.00. The first-order valence-electron chi connectivity index (χ1n) is 6.00. The van der Waals surface area contributed by atoms with E-state index in [9.17, 15) is 4.39 Å². The lowest BCUT2D eigenvalue weighted by Gasteiger charge is -2.33. The third kappa shape index (κ3) is 3.57. The van der Waals surface area contributed by atoms with Gasteiger partial charge in [-0.2, -0.15) is 0 Å². The van der Waals surface area contributed by atoms with Crippen LogP contribution in [0.5, 0.6) is 5.75 Å². The Morgan fingerprint density at radius 2 is 2.11 bits per heavy atom. The summed E-state index contributed by atoms with van der Waals surface area (Å²) in [6, 6.07) is 7.55. The van der Waals surface area contributed by atoms with Gasteiger partial charge in [0.15, 0.2) is 0 Å². The van der Waals surface area contributed by atoms with Crippen molar-refractivity contribution in [3.63, 3.8) is 0 Å². The highest BCUT2D eigenvalue weighted by molar-refractivity contribution is 5.85. The Morgan fingerprint density at radius 1 is 1.39 bits per heavy atom. The minimum absolute atomic E-state index is 0. The molecule has 5 heteroatoms. The van der Waals surface area contributed by atoms with Crippen molar-refractivity contribution in [1.82, 2.24) is 10.2 Å². The zero-order valence-electron chi connectivity index (χ0n) is 10.6. The molecule has 1 aliphatic heterocycles. The van der Waals surface area contributed by atoms with Crippen LogP contribution in [0.25, 0.3) is 0 Å². The molecule has 18 heavy (non-hydrogen) atoms. The highest BCUT2D eigenvalue weighted by atomic mass is 35.5. The molecule has 3 nitrogen and oxygen atoms in total. The summed E-state index contributed by atoms with van der Waals surface area (Å²) >= 11 is 0. The number of benzene rings is 1. The summed E-state index contributed by atoms with van der Waals surface area (Å²) in [5.41, 5.74) is 0.994. The minimum Gasteiger partial charge on any atom is -0.497 e. The lowest BCUT2D eigenvalue weighted by atomic mass is 10.1. The van der Waals surface area contributed by atoms with E-state index in [-0.39, 0.29) is 25.1 Å². The van der Waals surface area contributed by atoms with Crippen LogP contribution in [-0.4, -0.2) is 44.9 Å². The Morgan fingerprint density at radius 3 is 2.72 bits per heavy atom. The SMILES string of the molecule is COc1cccc([C@H](CF)N2CCNCC2)c1.Cl. The van der Waals surface area contributed by atoms with Gasteiger partial charge in [0.05, 0.1) is 13.2 Å². The Balaban J connectivity index is 0.00000162. The van der Waals surface area contributed by atoms with Gasteiger partial charge in [-0.3, -0.25) is 4.90 Å². The lowest BCUT2D eigenvalue weighted by molar-refractivity contribution is 0.147. The normalized spacial score (nSPS) is 17.9. The van der Waals surface area contributed by atoms with Crippen LogP contribution >= 0.6 is 12.4 Å². The van der Waals surface area contributed by atoms with Crippen LogP contribution in [-0.2, 0) is 0 Å². The number of alkyl halides is 1. The van der Waals surface area contributed by atoms with Gasteiger partial charge in [0.1, 0.15) is 12.4 Å². The Bertz CT molecular complexity index is 359. The number of halogens is 2. The number of ether oxygens (including phenoxy) is 1. The predicted molar refractivity (Wildman–Crippen MR) is 73.4 cm³/mol. The van der Waals surface area contributed by atoms with Crippen molar-refractivity contribution >= 4 is 12.4 Å². The van der Waals surface area contributed by atoms with Crippen LogP contribution in [0, 0.1) is 0 Å². The van der Waals surface area contributed by atoms with Crippen LogP contribution in [0.4, 0.5) is 4.39 Å². The van der Waals surface area contributed by atoms with Crippen molar-refractivity contribution in [2.24, 2.45) is 0 Å². The number of hydrogen-bond donors (Lipinski definition) is 1. The van der Waals surface area contributed by atoms with Gasteiger partial charge in [-0.1, -0.05) is 12.1 Å². The molecule has 1 aromatic carbocycles. The van der Waals surface area contributed by atoms with Crippen molar-refractivity contribution in [1.29, 1.82) is 0 Å². The largest absolute Gasteiger partial charge is 0.497 e. The third-order valence-corrected chi connectivity index (χ3v) is 3.22. The third-order valence-electron chi connectivity index (χ3n) is 3.22. The zero-order valence-corrected chi connectivity index (χ0v) is 11.4. The molecular formula is C13H20ClFN2O. The van der Waals surface area contributed by atoms with Crippen molar-refractivity contribution in [2.45, 2.75) is 6.04 Å². The average Bonchev–Trinajstić information content (AvgIpc) is 2.41. The summed E-state index contributed by atoms with van der Waals surface area (Å²) in [4.78, 5) is 2.19. The van der Waals surface area contributed by atoms with Gasteiger partial charge in [-0.25, -0.2) is 4.39 Å². The molecule has 0 radical (unpaired) electrons.